The van der Waals surface area contributed by atoms with E-state index in [1.807, 2.05) is 11.3 Å². The molecular weight excluding hydrogens is 166 g/mol. The highest BCUT2D eigenvalue weighted by Crippen LogP contribution is 2.22. The van der Waals surface area contributed by atoms with Gasteiger partial charge >= 0.3 is 0 Å². The van der Waals surface area contributed by atoms with Gasteiger partial charge in [-0.25, -0.2) is 0 Å². The van der Waals surface area contributed by atoms with Crippen LogP contribution < -0.4 is 5.73 Å². The van der Waals surface area contributed by atoms with Crippen molar-refractivity contribution in [3.63, 3.8) is 0 Å². The van der Waals surface area contributed by atoms with Crippen LogP contribution in [0.15, 0.2) is 11.6 Å². The van der Waals surface area contributed by atoms with E-state index in [4.69, 9.17) is 5.73 Å². The molecule has 0 bridgehead atoms. The van der Waals surface area contributed by atoms with Gasteiger partial charge in [0.05, 0.1) is 0 Å². The number of thiophene rings is 1. The van der Waals surface area contributed by atoms with E-state index in [-0.39, 0.29) is 0 Å². The largest absolute Gasteiger partial charge is 0.327 e. The lowest BCUT2D eigenvalue weighted by atomic mass is 10.1. The van der Waals surface area contributed by atoms with Crippen LogP contribution in [-0.4, -0.2) is 6.54 Å². The molecule has 0 unspecified atom stereocenters. The zero-order chi connectivity index (χ0) is 9.14. The van der Waals surface area contributed by atoms with Gasteiger partial charge in [0.2, 0.25) is 0 Å². The van der Waals surface area contributed by atoms with Crippen LogP contribution in [0.2, 0.25) is 0 Å². The summed E-state index contributed by atoms with van der Waals surface area (Å²) in [5, 5.41) is 0. The average molecular weight is 181 g/mol. The van der Waals surface area contributed by atoms with Crippen molar-refractivity contribution in [1.29, 1.82) is 0 Å². The Bertz CT molecular complexity index is 297. The molecule has 1 nitrogen and oxygen atoms in total. The van der Waals surface area contributed by atoms with Crippen molar-refractivity contribution in [3.05, 3.63) is 27.0 Å². The lowest BCUT2D eigenvalue weighted by Gasteiger charge is -1.94. The van der Waals surface area contributed by atoms with Gasteiger partial charge in [-0.2, -0.15) is 0 Å². The lowest BCUT2D eigenvalue weighted by molar-refractivity contribution is 1.15. The molecule has 1 heterocycles. The van der Waals surface area contributed by atoms with Gasteiger partial charge in [-0.05, 0) is 32.4 Å². The summed E-state index contributed by atoms with van der Waals surface area (Å²) in [6.45, 7) is 6.99. The third kappa shape index (κ3) is 2.19. The fourth-order valence-electron chi connectivity index (χ4n) is 1.12. The number of nitrogens with two attached hydrogens (primary N) is 1. The van der Waals surface area contributed by atoms with Gasteiger partial charge in [0.25, 0.3) is 0 Å². The standard InChI is InChI=1S/C10H15NS/c1-7(6-11)4-10-5-8(2)12-9(10)3/h4-5H,6,11H2,1-3H3. The average Bonchev–Trinajstić information content (AvgIpc) is 2.30. The molecule has 66 valence electrons. The third-order valence-corrected chi connectivity index (χ3v) is 2.78. The van der Waals surface area contributed by atoms with E-state index in [2.05, 4.69) is 32.9 Å². The predicted octanol–water partition coefficient (Wildman–Crippen LogP) is 2.73. The smallest absolute Gasteiger partial charge is 0.0137 e. The highest BCUT2D eigenvalue weighted by Gasteiger charge is 1.99. The van der Waals surface area contributed by atoms with Crippen molar-refractivity contribution in [1.82, 2.24) is 0 Å². The Morgan fingerprint density at radius 1 is 1.58 bits per heavy atom. The van der Waals surface area contributed by atoms with Crippen LogP contribution in [0.25, 0.3) is 6.08 Å². The fourth-order valence-corrected chi connectivity index (χ4v) is 2.02. The van der Waals surface area contributed by atoms with Gasteiger partial charge in [-0.3, -0.25) is 0 Å². The monoisotopic (exact) mass is 181 g/mol. The van der Waals surface area contributed by atoms with E-state index in [1.54, 1.807) is 0 Å². The summed E-state index contributed by atoms with van der Waals surface area (Å²) < 4.78 is 0. The highest BCUT2D eigenvalue weighted by molar-refractivity contribution is 7.12. The minimum atomic E-state index is 0.647. The molecule has 0 radical (unpaired) electrons. The van der Waals surface area contributed by atoms with Crippen LogP contribution >= 0.6 is 11.3 Å². The first-order chi connectivity index (χ1) is 5.63. The summed E-state index contributed by atoms with van der Waals surface area (Å²) in [5.74, 6) is 0. The fraction of sp³-hybridized carbons (Fsp3) is 0.400. The zero-order valence-electron chi connectivity index (χ0n) is 7.85. The molecule has 0 aliphatic rings. The molecule has 0 fully saturated rings. The van der Waals surface area contributed by atoms with Gasteiger partial charge in [0.1, 0.15) is 0 Å². The molecule has 12 heavy (non-hydrogen) atoms. The maximum atomic E-state index is 5.51. The second kappa shape index (κ2) is 3.87. The molecule has 0 saturated heterocycles. The summed E-state index contributed by atoms with van der Waals surface area (Å²) in [4.78, 5) is 2.74. The van der Waals surface area contributed by atoms with Crippen molar-refractivity contribution in [2.45, 2.75) is 20.8 Å². The summed E-state index contributed by atoms with van der Waals surface area (Å²) in [6, 6.07) is 2.21. The Labute approximate surface area is 77.9 Å². The first kappa shape index (κ1) is 9.49. The lowest BCUT2D eigenvalue weighted by Crippen LogP contribution is -1.99. The van der Waals surface area contributed by atoms with Crippen LogP contribution in [0.3, 0.4) is 0 Å². The van der Waals surface area contributed by atoms with Crippen LogP contribution in [0.5, 0.6) is 0 Å². The molecule has 1 aromatic rings. The maximum Gasteiger partial charge on any atom is 0.0137 e. The molecule has 0 aliphatic heterocycles. The molecule has 0 spiro atoms. The van der Waals surface area contributed by atoms with Crippen LogP contribution in [0.1, 0.15) is 22.2 Å². The summed E-state index contributed by atoms with van der Waals surface area (Å²) in [6.07, 6.45) is 2.17. The molecule has 2 heteroatoms. The van der Waals surface area contributed by atoms with E-state index in [9.17, 15) is 0 Å². The second-order valence-corrected chi connectivity index (χ2v) is 4.52. The topological polar surface area (TPSA) is 26.0 Å². The first-order valence-corrected chi connectivity index (χ1v) is 4.89. The molecule has 0 aromatic carbocycles. The molecule has 1 aromatic heterocycles. The minimum absolute atomic E-state index is 0.647. The van der Waals surface area contributed by atoms with Crippen LogP contribution in [0, 0.1) is 13.8 Å². The number of hydrogen-bond acceptors (Lipinski definition) is 2. The van der Waals surface area contributed by atoms with Gasteiger partial charge in [0, 0.05) is 16.3 Å². The SMILES string of the molecule is CC(=Cc1cc(C)sc1C)CN. The Morgan fingerprint density at radius 3 is 2.67 bits per heavy atom. The van der Waals surface area contributed by atoms with E-state index >= 15 is 0 Å². The van der Waals surface area contributed by atoms with E-state index in [1.165, 1.54) is 20.9 Å². The van der Waals surface area contributed by atoms with Crippen molar-refractivity contribution in [2.75, 3.05) is 6.54 Å². The molecular formula is C10H15NS. The molecule has 0 amide bonds. The normalized spacial score (nSPS) is 12.2. The molecule has 0 saturated carbocycles. The zero-order valence-corrected chi connectivity index (χ0v) is 8.66. The van der Waals surface area contributed by atoms with E-state index in [0.717, 1.165) is 0 Å². The molecule has 0 aliphatic carbocycles. The minimum Gasteiger partial charge on any atom is -0.327 e. The van der Waals surface area contributed by atoms with Crippen molar-refractivity contribution in [3.8, 4) is 0 Å². The van der Waals surface area contributed by atoms with Gasteiger partial charge in [-0.15, -0.1) is 11.3 Å². The second-order valence-electron chi connectivity index (χ2n) is 3.06. The van der Waals surface area contributed by atoms with E-state index in [0.29, 0.717) is 6.54 Å². The van der Waals surface area contributed by atoms with Crippen molar-refractivity contribution in [2.24, 2.45) is 5.73 Å². The first-order valence-electron chi connectivity index (χ1n) is 4.07. The molecule has 1 rings (SSSR count). The number of rotatable bonds is 2. The number of hydrogen-bond donors (Lipinski definition) is 1. The Hall–Kier alpha value is -0.600. The molecule has 0 atom stereocenters. The van der Waals surface area contributed by atoms with Gasteiger partial charge < -0.3 is 5.73 Å². The summed E-state index contributed by atoms with van der Waals surface area (Å²) in [5.41, 5.74) is 8.06. The maximum absolute atomic E-state index is 5.51. The van der Waals surface area contributed by atoms with Crippen molar-refractivity contribution < 1.29 is 0 Å². The molecule has 2 N–H and O–H groups in total. The Kier molecular flexibility index (Phi) is 3.06. The Balaban J connectivity index is 2.95. The summed E-state index contributed by atoms with van der Waals surface area (Å²) >= 11 is 1.84. The van der Waals surface area contributed by atoms with E-state index < -0.39 is 0 Å². The third-order valence-electron chi connectivity index (χ3n) is 1.80. The van der Waals surface area contributed by atoms with Crippen LogP contribution in [-0.2, 0) is 0 Å². The highest BCUT2D eigenvalue weighted by atomic mass is 32.1. The van der Waals surface area contributed by atoms with Crippen LogP contribution in [0.4, 0.5) is 0 Å². The number of aryl methyl sites for hydroxylation is 2. The van der Waals surface area contributed by atoms with Gasteiger partial charge in [-0.1, -0.05) is 11.6 Å². The van der Waals surface area contributed by atoms with Gasteiger partial charge in [0.15, 0.2) is 0 Å². The Morgan fingerprint density at radius 2 is 2.25 bits per heavy atom. The predicted molar refractivity (Wildman–Crippen MR) is 56.5 cm³/mol. The van der Waals surface area contributed by atoms with Crippen molar-refractivity contribution >= 4 is 17.4 Å². The summed E-state index contributed by atoms with van der Waals surface area (Å²) in [7, 11) is 0. The quantitative estimate of drug-likeness (QED) is 0.746.